The highest BCUT2D eigenvalue weighted by Gasteiger charge is 2.19. The first kappa shape index (κ1) is 6.76. The average Bonchev–Trinajstić information content (AvgIpc) is 1.87. The number of hydrogen-bond acceptors (Lipinski definition) is 5. The van der Waals surface area contributed by atoms with Gasteiger partial charge in [-0.1, -0.05) is 0 Å². The second kappa shape index (κ2) is 1.81. The van der Waals surface area contributed by atoms with Crippen molar-refractivity contribution in [2.75, 3.05) is 17.8 Å². The van der Waals surface area contributed by atoms with Crippen LogP contribution in [-0.4, -0.2) is 7.05 Å². The van der Waals surface area contributed by atoms with Gasteiger partial charge in [0.05, 0.1) is 0 Å². The largest absolute Gasteiger partial charge is 0.394 e. The third-order valence-corrected chi connectivity index (χ3v) is 1.27. The molecule has 5 nitrogen and oxygen atoms in total. The molecule has 1 aromatic carbocycles. The molecule has 4 N–H and O–H groups in total. The molecule has 0 aliphatic carbocycles. The van der Waals surface area contributed by atoms with Gasteiger partial charge in [0.25, 0.3) is 10.9 Å². The maximum atomic E-state index is 10.6. The topological polar surface area (TPSA) is 89.4 Å². The van der Waals surface area contributed by atoms with Crippen LogP contribution in [0.1, 0.15) is 0 Å². The van der Waals surface area contributed by atoms with Gasteiger partial charge in [0, 0.05) is 7.05 Å². The molecule has 0 heterocycles. The Balaban J connectivity index is 3.23. The van der Waals surface area contributed by atoms with Crippen LogP contribution in [0.25, 0.3) is 0 Å². The van der Waals surface area contributed by atoms with Crippen molar-refractivity contribution < 1.29 is 0 Å². The minimum absolute atomic E-state index is 0.0463. The first-order valence-corrected chi connectivity index (χ1v) is 2.63. The zero-order valence-corrected chi connectivity index (χ0v) is 5.42. The molecule has 10 heavy (non-hydrogen) atoms. The molecule has 0 saturated carbocycles. The van der Waals surface area contributed by atoms with Gasteiger partial charge in [-0.15, -0.1) is 0 Å². The van der Waals surface area contributed by atoms with Crippen LogP contribution >= 0.6 is 0 Å². The number of nitrogen functional groups attached to an aromatic ring is 1. The van der Waals surface area contributed by atoms with Crippen LogP contribution in [0.5, 0.6) is 0 Å². The number of hydrogen-bond donors (Lipinski definition) is 2. The maximum Gasteiger partial charge on any atom is 0.254 e. The molecule has 0 aliphatic rings. The van der Waals surface area contributed by atoms with Gasteiger partial charge in [0.1, 0.15) is 11.4 Å². The summed E-state index contributed by atoms with van der Waals surface area (Å²) < 4.78 is 0. The first-order valence-electron chi connectivity index (χ1n) is 2.63. The van der Waals surface area contributed by atoms with Crippen molar-refractivity contribution in [3.63, 3.8) is 0 Å². The van der Waals surface area contributed by atoms with E-state index in [1.807, 2.05) is 0 Å². The molecule has 0 amide bonds. The van der Waals surface area contributed by atoms with Gasteiger partial charge in [-0.25, -0.2) is 5.84 Å². The van der Waals surface area contributed by atoms with Crippen molar-refractivity contribution in [1.82, 2.24) is 0 Å². The fourth-order valence-electron chi connectivity index (χ4n) is 0.747. The van der Waals surface area contributed by atoms with Gasteiger partial charge >= 0.3 is 0 Å². The van der Waals surface area contributed by atoms with E-state index in [1.165, 1.54) is 7.05 Å². The lowest BCUT2D eigenvalue weighted by atomic mass is 10.2. The van der Waals surface area contributed by atoms with Crippen LogP contribution in [-0.2, 0) is 0 Å². The standard InChI is InChI=1S/C5H7N3O2/c1-8(7)3-2(6)4(9)5(3)10/h6-7H2,1H3. The van der Waals surface area contributed by atoms with Crippen LogP contribution < -0.4 is 27.4 Å². The van der Waals surface area contributed by atoms with E-state index in [4.69, 9.17) is 11.6 Å². The summed E-state index contributed by atoms with van der Waals surface area (Å²) in [7, 11) is 1.45. The van der Waals surface area contributed by atoms with Gasteiger partial charge in [-0.3, -0.25) is 9.59 Å². The number of nitrogens with zero attached hydrogens (tertiary/aromatic N) is 1. The maximum absolute atomic E-state index is 10.6. The number of anilines is 2. The van der Waals surface area contributed by atoms with Crippen molar-refractivity contribution in [2.24, 2.45) is 5.84 Å². The SMILES string of the molecule is CN(N)c1c(N)c(=O)c1=O. The molecule has 54 valence electrons. The van der Waals surface area contributed by atoms with E-state index in [2.05, 4.69) is 0 Å². The highest BCUT2D eigenvalue weighted by atomic mass is 16.2. The van der Waals surface area contributed by atoms with E-state index in [1.54, 1.807) is 0 Å². The lowest BCUT2D eigenvalue weighted by Crippen LogP contribution is -2.43. The van der Waals surface area contributed by atoms with E-state index in [9.17, 15) is 9.59 Å². The Bertz CT molecular complexity index is 321. The predicted octanol–water partition coefficient (Wildman–Crippen LogP) is -1.83. The Morgan fingerprint density at radius 2 is 1.80 bits per heavy atom. The zero-order chi connectivity index (χ0) is 7.89. The summed E-state index contributed by atoms with van der Waals surface area (Å²) in [4.78, 5) is 21.1. The molecule has 5 heteroatoms. The number of hydrazine groups is 1. The molecule has 1 aromatic rings. The fraction of sp³-hybridized carbons (Fsp3) is 0.200. The summed E-state index contributed by atoms with van der Waals surface area (Å²) in [6, 6.07) is 0. The average molecular weight is 141 g/mol. The minimum Gasteiger partial charge on any atom is -0.394 e. The monoisotopic (exact) mass is 141 g/mol. The summed E-state index contributed by atoms with van der Waals surface area (Å²) in [6.07, 6.45) is 0. The summed E-state index contributed by atoms with van der Waals surface area (Å²) in [5, 5.41) is 1.04. The van der Waals surface area contributed by atoms with Crippen LogP contribution in [0.2, 0.25) is 0 Å². The van der Waals surface area contributed by atoms with E-state index in [-0.39, 0.29) is 11.4 Å². The van der Waals surface area contributed by atoms with Crippen LogP contribution in [0.3, 0.4) is 0 Å². The van der Waals surface area contributed by atoms with E-state index >= 15 is 0 Å². The highest BCUT2D eigenvalue weighted by Crippen LogP contribution is 2.10. The molecule has 0 aliphatic heterocycles. The molecular weight excluding hydrogens is 134 g/mol. The molecule has 0 fully saturated rings. The summed E-state index contributed by atoms with van der Waals surface area (Å²) in [5.74, 6) is 5.16. The zero-order valence-electron chi connectivity index (χ0n) is 5.42. The lowest BCUT2D eigenvalue weighted by molar-refractivity contribution is 0.998. The van der Waals surface area contributed by atoms with E-state index in [0.717, 1.165) is 5.01 Å². The van der Waals surface area contributed by atoms with Gasteiger partial charge in [0.15, 0.2) is 0 Å². The molecular formula is C5H7N3O2. The second-order valence-corrected chi connectivity index (χ2v) is 2.03. The molecule has 0 saturated heterocycles. The molecule has 0 aromatic heterocycles. The van der Waals surface area contributed by atoms with Crippen molar-refractivity contribution in [3.05, 3.63) is 20.4 Å². The third kappa shape index (κ3) is 0.608. The fourth-order valence-corrected chi connectivity index (χ4v) is 0.747. The van der Waals surface area contributed by atoms with Crippen molar-refractivity contribution in [3.8, 4) is 0 Å². The molecule has 0 atom stereocenters. The summed E-state index contributed by atoms with van der Waals surface area (Å²) in [5.41, 5.74) is 3.95. The van der Waals surface area contributed by atoms with Gasteiger partial charge in [-0.05, 0) is 0 Å². The molecule has 0 unspecified atom stereocenters. The minimum atomic E-state index is -0.646. The molecule has 1 rings (SSSR count). The lowest BCUT2D eigenvalue weighted by Gasteiger charge is -2.14. The van der Waals surface area contributed by atoms with Crippen LogP contribution in [0.15, 0.2) is 9.59 Å². The predicted molar refractivity (Wildman–Crippen MR) is 38.4 cm³/mol. The second-order valence-electron chi connectivity index (χ2n) is 2.03. The quantitative estimate of drug-likeness (QED) is 0.273. The highest BCUT2D eigenvalue weighted by molar-refractivity contribution is 5.71. The summed E-state index contributed by atoms with van der Waals surface area (Å²) >= 11 is 0. The third-order valence-electron chi connectivity index (χ3n) is 1.27. The Hall–Kier alpha value is -1.36. The van der Waals surface area contributed by atoms with E-state index in [0.29, 0.717) is 0 Å². The number of nitrogens with two attached hydrogens (primary N) is 2. The Labute approximate surface area is 56.5 Å². The number of rotatable bonds is 1. The Morgan fingerprint density at radius 1 is 1.30 bits per heavy atom. The van der Waals surface area contributed by atoms with Gasteiger partial charge in [-0.2, -0.15) is 0 Å². The molecule has 0 bridgehead atoms. The Kier molecular flexibility index (Phi) is 1.22. The smallest absolute Gasteiger partial charge is 0.254 e. The van der Waals surface area contributed by atoms with Crippen molar-refractivity contribution in [1.29, 1.82) is 0 Å². The van der Waals surface area contributed by atoms with Crippen LogP contribution in [0.4, 0.5) is 11.4 Å². The first-order chi connectivity index (χ1) is 4.55. The van der Waals surface area contributed by atoms with Crippen molar-refractivity contribution in [2.45, 2.75) is 0 Å². The van der Waals surface area contributed by atoms with Gasteiger partial charge < -0.3 is 10.7 Å². The van der Waals surface area contributed by atoms with Gasteiger partial charge in [0.2, 0.25) is 0 Å². The van der Waals surface area contributed by atoms with Crippen LogP contribution in [0, 0.1) is 0 Å². The summed E-state index contributed by atoms with van der Waals surface area (Å²) in [6.45, 7) is 0. The van der Waals surface area contributed by atoms with Crippen molar-refractivity contribution >= 4 is 11.4 Å². The Morgan fingerprint density at radius 3 is 2.00 bits per heavy atom. The molecule has 0 radical (unpaired) electrons. The molecule has 0 spiro atoms. The van der Waals surface area contributed by atoms with E-state index < -0.39 is 10.9 Å². The normalized spacial score (nSPS) is 10.2.